The van der Waals surface area contributed by atoms with E-state index in [-0.39, 0.29) is 6.04 Å². The second kappa shape index (κ2) is 7.97. The molecule has 0 radical (unpaired) electrons. The van der Waals surface area contributed by atoms with Crippen molar-refractivity contribution in [1.82, 2.24) is 15.1 Å². The molecule has 0 aliphatic carbocycles. The molecule has 21 heavy (non-hydrogen) atoms. The number of benzene rings is 1. The molecule has 0 amide bonds. The van der Waals surface area contributed by atoms with Crippen molar-refractivity contribution in [1.29, 1.82) is 0 Å². The molecule has 3 nitrogen and oxygen atoms in total. The first-order valence-corrected chi connectivity index (χ1v) is 8.54. The minimum atomic E-state index is 0.116. The first-order valence-electron chi connectivity index (χ1n) is 7.37. The van der Waals surface area contributed by atoms with Gasteiger partial charge in [0.2, 0.25) is 0 Å². The molecule has 0 saturated carbocycles. The Labute approximate surface area is 139 Å². The lowest BCUT2D eigenvalue weighted by Crippen LogP contribution is -2.26. The molecular formula is C16H21BrClN3. The highest BCUT2D eigenvalue weighted by molar-refractivity contribution is 9.10. The van der Waals surface area contributed by atoms with Gasteiger partial charge in [-0.2, -0.15) is 5.10 Å². The van der Waals surface area contributed by atoms with E-state index in [1.807, 2.05) is 18.3 Å². The molecule has 0 saturated heterocycles. The molecule has 114 valence electrons. The second-order valence-electron chi connectivity index (χ2n) is 5.04. The van der Waals surface area contributed by atoms with Crippen molar-refractivity contribution in [2.45, 2.75) is 39.3 Å². The maximum Gasteiger partial charge on any atom is 0.0759 e. The van der Waals surface area contributed by atoms with Crippen LogP contribution in [0.15, 0.2) is 34.9 Å². The third-order valence-electron chi connectivity index (χ3n) is 3.34. The van der Waals surface area contributed by atoms with Crippen molar-refractivity contribution in [2.24, 2.45) is 0 Å². The van der Waals surface area contributed by atoms with Crippen LogP contribution in [-0.4, -0.2) is 16.3 Å². The van der Waals surface area contributed by atoms with Gasteiger partial charge >= 0.3 is 0 Å². The lowest BCUT2D eigenvalue weighted by molar-refractivity contribution is 0.510. The van der Waals surface area contributed by atoms with Gasteiger partial charge in [-0.3, -0.25) is 4.68 Å². The van der Waals surface area contributed by atoms with Crippen molar-refractivity contribution in [3.63, 3.8) is 0 Å². The summed E-state index contributed by atoms with van der Waals surface area (Å²) in [5, 5.41) is 8.85. The fourth-order valence-corrected chi connectivity index (χ4v) is 3.02. The quantitative estimate of drug-likeness (QED) is 0.759. The molecule has 0 aliphatic heterocycles. The minimum absolute atomic E-state index is 0.116. The third kappa shape index (κ3) is 4.09. The van der Waals surface area contributed by atoms with Gasteiger partial charge in [-0.15, -0.1) is 0 Å². The Bertz CT molecular complexity index is 565. The summed E-state index contributed by atoms with van der Waals surface area (Å²) in [4.78, 5) is 0. The maximum absolute atomic E-state index is 6.01. The number of nitrogens with zero attached hydrogens (tertiary/aromatic N) is 2. The molecule has 1 aromatic heterocycles. The van der Waals surface area contributed by atoms with E-state index in [9.17, 15) is 0 Å². The lowest BCUT2D eigenvalue weighted by Gasteiger charge is -2.21. The first-order chi connectivity index (χ1) is 10.2. The standard InChI is InChI=1S/C16H21BrClN3/c1-3-9-19-15(12-5-7-13(18)8-6-12)16-14(17)11-20-21(16)10-4-2/h5-8,11,15,19H,3-4,9-10H2,1-2H3. The van der Waals surface area contributed by atoms with Gasteiger partial charge in [0.05, 0.1) is 22.4 Å². The molecule has 5 heteroatoms. The summed E-state index contributed by atoms with van der Waals surface area (Å²) in [5.74, 6) is 0. The Hall–Kier alpha value is -0.840. The van der Waals surface area contributed by atoms with Crippen molar-refractivity contribution >= 4 is 27.5 Å². The van der Waals surface area contributed by atoms with Crippen LogP contribution in [-0.2, 0) is 6.54 Å². The summed E-state index contributed by atoms with van der Waals surface area (Å²) in [6, 6.07) is 8.14. The summed E-state index contributed by atoms with van der Waals surface area (Å²) in [6.45, 7) is 6.20. The zero-order chi connectivity index (χ0) is 15.2. The van der Waals surface area contributed by atoms with E-state index < -0.39 is 0 Å². The van der Waals surface area contributed by atoms with Crippen LogP contribution in [0, 0.1) is 0 Å². The van der Waals surface area contributed by atoms with E-state index in [1.54, 1.807) is 0 Å². The van der Waals surface area contributed by atoms with Crippen LogP contribution in [0.25, 0.3) is 0 Å². The van der Waals surface area contributed by atoms with E-state index in [0.717, 1.165) is 35.4 Å². The molecular weight excluding hydrogens is 350 g/mol. The molecule has 1 N–H and O–H groups in total. The predicted octanol–water partition coefficient (Wildman–Crippen LogP) is 4.80. The highest BCUT2D eigenvalue weighted by Crippen LogP contribution is 2.29. The fourth-order valence-electron chi connectivity index (χ4n) is 2.37. The average Bonchev–Trinajstić information content (AvgIpc) is 2.83. The number of aryl methyl sites for hydroxylation is 1. The molecule has 1 heterocycles. The molecule has 0 aliphatic rings. The molecule has 0 bridgehead atoms. The maximum atomic E-state index is 6.01. The number of hydrogen-bond acceptors (Lipinski definition) is 2. The van der Waals surface area contributed by atoms with Gasteiger partial charge in [0.25, 0.3) is 0 Å². The van der Waals surface area contributed by atoms with Gasteiger partial charge in [-0.1, -0.05) is 37.6 Å². The topological polar surface area (TPSA) is 29.9 Å². The minimum Gasteiger partial charge on any atom is -0.305 e. The van der Waals surface area contributed by atoms with Crippen LogP contribution in [0.2, 0.25) is 5.02 Å². The SMILES string of the molecule is CCCNC(c1ccc(Cl)cc1)c1c(Br)cnn1CCC. The van der Waals surface area contributed by atoms with E-state index in [4.69, 9.17) is 11.6 Å². The second-order valence-corrected chi connectivity index (χ2v) is 6.33. The number of halogens is 2. The van der Waals surface area contributed by atoms with Crippen LogP contribution >= 0.6 is 27.5 Å². The van der Waals surface area contributed by atoms with Crippen LogP contribution in [0.4, 0.5) is 0 Å². The predicted molar refractivity (Wildman–Crippen MR) is 91.8 cm³/mol. The summed E-state index contributed by atoms with van der Waals surface area (Å²) < 4.78 is 3.12. The van der Waals surface area contributed by atoms with Crippen LogP contribution in [0.1, 0.15) is 44.0 Å². The Kier molecular flexibility index (Phi) is 6.27. The van der Waals surface area contributed by atoms with E-state index in [1.165, 1.54) is 11.3 Å². The Morgan fingerprint density at radius 3 is 2.57 bits per heavy atom. The monoisotopic (exact) mass is 369 g/mol. The molecule has 0 fully saturated rings. The smallest absolute Gasteiger partial charge is 0.0759 e. The van der Waals surface area contributed by atoms with Crippen molar-refractivity contribution in [2.75, 3.05) is 6.54 Å². The zero-order valence-corrected chi connectivity index (χ0v) is 14.8. The summed E-state index contributed by atoms with van der Waals surface area (Å²) in [5.41, 5.74) is 2.37. The molecule has 2 aromatic rings. The molecule has 0 spiro atoms. The van der Waals surface area contributed by atoms with E-state index >= 15 is 0 Å². The number of hydrogen-bond donors (Lipinski definition) is 1. The number of aromatic nitrogens is 2. The van der Waals surface area contributed by atoms with Crippen LogP contribution in [0.3, 0.4) is 0 Å². The molecule has 1 atom stereocenters. The number of rotatable bonds is 7. The van der Waals surface area contributed by atoms with Gasteiger partial charge < -0.3 is 5.32 Å². The zero-order valence-electron chi connectivity index (χ0n) is 12.4. The van der Waals surface area contributed by atoms with Gasteiger partial charge in [0, 0.05) is 11.6 Å². The van der Waals surface area contributed by atoms with Crippen molar-refractivity contribution in [3.8, 4) is 0 Å². The Balaban J connectivity index is 2.40. The van der Waals surface area contributed by atoms with Gasteiger partial charge in [0.15, 0.2) is 0 Å². The van der Waals surface area contributed by atoms with Gasteiger partial charge in [-0.05, 0) is 53.0 Å². The first kappa shape index (κ1) is 16.5. The van der Waals surface area contributed by atoms with Crippen LogP contribution < -0.4 is 5.32 Å². The fraction of sp³-hybridized carbons (Fsp3) is 0.438. The summed E-state index contributed by atoms with van der Waals surface area (Å²) in [7, 11) is 0. The molecule has 2 rings (SSSR count). The number of nitrogens with one attached hydrogen (secondary N) is 1. The Morgan fingerprint density at radius 1 is 1.24 bits per heavy atom. The lowest BCUT2D eigenvalue weighted by atomic mass is 10.0. The average molecular weight is 371 g/mol. The Morgan fingerprint density at radius 2 is 1.95 bits per heavy atom. The van der Waals surface area contributed by atoms with Crippen molar-refractivity contribution < 1.29 is 0 Å². The van der Waals surface area contributed by atoms with Gasteiger partial charge in [-0.25, -0.2) is 0 Å². The summed E-state index contributed by atoms with van der Waals surface area (Å²) >= 11 is 9.65. The van der Waals surface area contributed by atoms with Crippen molar-refractivity contribution in [3.05, 3.63) is 51.2 Å². The largest absolute Gasteiger partial charge is 0.305 e. The van der Waals surface area contributed by atoms with E-state index in [0.29, 0.717) is 0 Å². The van der Waals surface area contributed by atoms with Gasteiger partial charge in [0.1, 0.15) is 0 Å². The van der Waals surface area contributed by atoms with E-state index in [2.05, 4.69) is 57.0 Å². The highest BCUT2D eigenvalue weighted by Gasteiger charge is 2.21. The normalized spacial score (nSPS) is 12.6. The summed E-state index contributed by atoms with van der Waals surface area (Å²) in [6.07, 6.45) is 4.02. The van der Waals surface area contributed by atoms with Crippen LogP contribution in [0.5, 0.6) is 0 Å². The third-order valence-corrected chi connectivity index (χ3v) is 4.21. The molecule has 1 unspecified atom stereocenters. The highest BCUT2D eigenvalue weighted by atomic mass is 79.9. The molecule has 1 aromatic carbocycles.